The van der Waals surface area contributed by atoms with Gasteiger partial charge < -0.3 is 30.6 Å². The number of benzene rings is 4. The third kappa shape index (κ3) is 9.29. The SMILES string of the molecule is Cc1cccnc1NC(=O)c1cccc(CN2C(=O)N(Cc3cccc(C(=O)Nc4ncccc4C)c3)[C@H](Cc3ccccc3)[C@H](O)[C@@H](O)[C@H]2Cc2ccccc2)c1. The molecule has 58 heavy (non-hydrogen) atoms. The predicted molar refractivity (Wildman–Crippen MR) is 223 cm³/mol. The molecule has 0 bridgehead atoms. The highest BCUT2D eigenvalue weighted by molar-refractivity contribution is 6.04. The summed E-state index contributed by atoms with van der Waals surface area (Å²) in [4.78, 5) is 54.0. The summed E-state index contributed by atoms with van der Waals surface area (Å²) in [6, 6.07) is 38.4. The van der Waals surface area contributed by atoms with Crippen molar-refractivity contribution in [3.63, 3.8) is 0 Å². The van der Waals surface area contributed by atoms with Crippen molar-refractivity contribution in [3.8, 4) is 0 Å². The van der Waals surface area contributed by atoms with Crippen LogP contribution in [0.3, 0.4) is 0 Å². The van der Waals surface area contributed by atoms with Crippen molar-refractivity contribution in [2.24, 2.45) is 0 Å². The first kappa shape index (κ1) is 39.5. The maximum absolute atomic E-state index is 15.3. The summed E-state index contributed by atoms with van der Waals surface area (Å²) in [5.74, 6) is 0.200. The lowest BCUT2D eigenvalue weighted by atomic mass is 9.90. The van der Waals surface area contributed by atoms with Crippen LogP contribution in [0.25, 0.3) is 0 Å². The summed E-state index contributed by atoms with van der Waals surface area (Å²) in [5, 5.41) is 30.1. The number of aromatic nitrogens is 2. The average Bonchev–Trinajstić information content (AvgIpc) is 3.30. The Labute approximate surface area is 338 Å². The lowest BCUT2D eigenvalue weighted by Crippen LogP contribution is -2.50. The second-order valence-corrected chi connectivity index (χ2v) is 14.7. The molecule has 11 heteroatoms. The number of amides is 4. The van der Waals surface area contributed by atoms with Crippen molar-refractivity contribution in [2.75, 3.05) is 10.6 Å². The van der Waals surface area contributed by atoms with Crippen molar-refractivity contribution < 1.29 is 24.6 Å². The van der Waals surface area contributed by atoms with Gasteiger partial charge in [0.2, 0.25) is 0 Å². The van der Waals surface area contributed by atoms with E-state index in [0.717, 1.165) is 22.3 Å². The fourth-order valence-corrected chi connectivity index (χ4v) is 7.42. The number of carbonyl (C=O) groups is 3. The lowest BCUT2D eigenvalue weighted by Gasteiger charge is -2.36. The molecule has 0 aliphatic carbocycles. The van der Waals surface area contributed by atoms with Crippen LogP contribution in [0.4, 0.5) is 16.4 Å². The first-order valence-electron chi connectivity index (χ1n) is 19.3. The van der Waals surface area contributed by atoms with Gasteiger partial charge in [-0.1, -0.05) is 97.1 Å². The van der Waals surface area contributed by atoms with E-state index in [4.69, 9.17) is 0 Å². The third-order valence-corrected chi connectivity index (χ3v) is 10.6. The Balaban J connectivity index is 1.25. The minimum Gasteiger partial charge on any atom is -0.388 e. The number of urea groups is 1. The van der Waals surface area contributed by atoms with Crippen LogP contribution in [0.2, 0.25) is 0 Å². The fourth-order valence-electron chi connectivity index (χ4n) is 7.42. The van der Waals surface area contributed by atoms with E-state index in [1.54, 1.807) is 70.7 Å². The summed E-state index contributed by atoms with van der Waals surface area (Å²) in [6.45, 7) is 3.79. The molecule has 4 aromatic carbocycles. The van der Waals surface area contributed by atoms with Gasteiger partial charge in [-0.15, -0.1) is 0 Å². The van der Waals surface area contributed by atoms with E-state index >= 15 is 4.79 Å². The minimum atomic E-state index is -1.35. The summed E-state index contributed by atoms with van der Waals surface area (Å²) in [7, 11) is 0. The predicted octanol–water partition coefficient (Wildman–Crippen LogP) is 6.98. The number of nitrogens with one attached hydrogen (secondary N) is 2. The van der Waals surface area contributed by atoms with Crippen LogP contribution in [-0.4, -0.2) is 72.1 Å². The first-order valence-corrected chi connectivity index (χ1v) is 19.3. The van der Waals surface area contributed by atoms with E-state index in [2.05, 4.69) is 20.6 Å². The molecule has 1 aliphatic rings. The number of hydrogen-bond acceptors (Lipinski definition) is 7. The topological polar surface area (TPSA) is 148 Å². The number of rotatable bonds is 12. The number of aliphatic hydroxyl groups is 2. The molecule has 4 amide bonds. The van der Waals surface area contributed by atoms with Crippen LogP contribution in [0.5, 0.6) is 0 Å². The van der Waals surface area contributed by atoms with Crippen molar-refractivity contribution in [3.05, 3.63) is 190 Å². The number of pyridine rings is 2. The summed E-state index contributed by atoms with van der Waals surface area (Å²) < 4.78 is 0. The summed E-state index contributed by atoms with van der Waals surface area (Å²) in [6.07, 6.45) is 1.06. The van der Waals surface area contributed by atoms with Crippen molar-refractivity contribution in [2.45, 2.75) is 64.1 Å². The van der Waals surface area contributed by atoms with Crippen LogP contribution < -0.4 is 10.6 Å². The van der Waals surface area contributed by atoms with Gasteiger partial charge in [-0.25, -0.2) is 14.8 Å². The largest absolute Gasteiger partial charge is 0.388 e. The van der Waals surface area contributed by atoms with Crippen LogP contribution in [0.15, 0.2) is 146 Å². The molecule has 4 atom stereocenters. The van der Waals surface area contributed by atoms with E-state index in [9.17, 15) is 19.8 Å². The zero-order valence-corrected chi connectivity index (χ0v) is 32.4. The molecule has 0 spiro atoms. The Morgan fingerprint density at radius 3 is 1.34 bits per heavy atom. The second kappa shape index (κ2) is 18.1. The summed E-state index contributed by atoms with van der Waals surface area (Å²) >= 11 is 0. The van der Waals surface area contributed by atoms with Crippen LogP contribution in [0.1, 0.15) is 54.1 Å². The number of aryl methyl sites for hydroxylation is 2. The Hall–Kier alpha value is -6.69. The molecule has 294 valence electrons. The number of carbonyl (C=O) groups excluding carboxylic acids is 3. The Morgan fingerprint density at radius 1 is 0.552 bits per heavy atom. The fraction of sp³-hybridized carbons (Fsp3) is 0.213. The molecule has 0 radical (unpaired) electrons. The molecular formula is C47H46N6O5. The third-order valence-electron chi connectivity index (χ3n) is 10.6. The monoisotopic (exact) mass is 774 g/mol. The van der Waals surface area contributed by atoms with Gasteiger partial charge in [0.15, 0.2) is 0 Å². The second-order valence-electron chi connectivity index (χ2n) is 14.7. The van der Waals surface area contributed by atoms with Crippen LogP contribution >= 0.6 is 0 Å². The quantitative estimate of drug-likeness (QED) is 0.105. The number of nitrogens with zero attached hydrogens (tertiary/aromatic N) is 4. The lowest BCUT2D eigenvalue weighted by molar-refractivity contribution is -0.0408. The molecule has 0 saturated carbocycles. The summed E-state index contributed by atoms with van der Waals surface area (Å²) in [5.41, 5.74) is 5.46. The molecule has 1 aliphatic heterocycles. The number of aliphatic hydroxyl groups excluding tert-OH is 2. The van der Waals surface area contributed by atoms with E-state index in [0.29, 0.717) is 33.9 Å². The number of anilines is 2. The standard InChI is InChI=1S/C47H46N6O5/c1-31-13-11-23-48-43(31)50-45(56)37-21-9-19-35(25-37)29-52-39(27-33-15-5-3-6-16-33)41(54)42(55)40(28-34-17-7-4-8-18-34)53(47(52)58)30-36-20-10-22-38(26-36)46(57)51-44-32(2)14-12-24-49-44/h3-26,39-42,54-55H,27-30H2,1-2H3,(H,48,50,56)(H,49,51,57)/t39-,40-,41+,42+/m1/s1. The molecule has 1 fully saturated rings. The van der Waals surface area contributed by atoms with Gasteiger partial charge in [0, 0.05) is 36.6 Å². The molecule has 4 N–H and O–H groups in total. The molecular weight excluding hydrogens is 729 g/mol. The molecule has 2 aromatic heterocycles. The van der Waals surface area contributed by atoms with Crippen molar-refractivity contribution >= 4 is 29.5 Å². The molecule has 0 unspecified atom stereocenters. The maximum Gasteiger partial charge on any atom is 0.321 e. The number of hydrogen-bond donors (Lipinski definition) is 4. The van der Waals surface area contributed by atoms with Gasteiger partial charge in [0.25, 0.3) is 11.8 Å². The highest BCUT2D eigenvalue weighted by Crippen LogP contribution is 2.30. The zero-order chi connectivity index (χ0) is 40.6. The van der Waals surface area contributed by atoms with E-state index in [1.165, 1.54) is 0 Å². The maximum atomic E-state index is 15.3. The van der Waals surface area contributed by atoms with E-state index in [1.807, 2.05) is 98.8 Å². The van der Waals surface area contributed by atoms with Crippen molar-refractivity contribution in [1.82, 2.24) is 19.8 Å². The molecule has 11 nitrogen and oxygen atoms in total. The van der Waals surface area contributed by atoms with Crippen molar-refractivity contribution in [1.29, 1.82) is 0 Å². The van der Waals surface area contributed by atoms with Gasteiger partial charge >= 0.3 is 6.03 Å². The highest BCUT2D eigenvalue weighted by atomic mass is 16.3. The van der Waals surface area contributed by atoms with Crippen LogP contribution in [-0.2, 0) is 25.9 Å². The smallest absolute Gasteiger partial charge is 0.321 e. The van der Waals surface area contributed by atoms with E-state index < -0.39 is 30.3 Å². The minimum absolute atomic E-state index is 0.0320. The van der Waals surface area contributed by atoms with Gasteiger partial charge in [0.05, 0.1) is 12.1 Å². The molecule has 6 aromatic rings. The Bertz CT molecular complexity index is 2210. The van der Waals surface area contributed by atoms with Gasteiger partial charge in [0.1, 0.15) is 23.8 Å². The molecule has 3 heterocycles. The van der Waals surface area contributed by atoms with E-state index in [-0.39, 0.29) is 37.7 Å². The van der Waals surface area contributed by atoms with Gasteiger partial charge in [-0.3, -0.25) is 9.59 Å². The normalized spacial score (nSPS) is 18.0. The first-order chi connectivity index (χ1) is 28.1. The Kier molecular flexibility index (Phi) is 12.3. The highest BCUT2D eigenvalue weighted by Gasteiger charge is 2.46. The van der Waals surface area contributed by atoms with Gasteiger partial charge in [-0.05, 0) is 96.5 Å². The van der Waals surface area contributed by atoms with Gasteiger partial charge in [-0.2, -0.15) is 0 Å². The average molecular weight is 775 g/mol. The molecule has 1 saturated heterocycles. The van der Waals surface area contributed by atoms with Crippen LogP contribution in [0, 0.1) is 13.8 Å². The zero-order valence-electron chi connectivity index (χ0n) is 32.4. The Morgan fingerprint density at radius 2 is 0.948 bits per heavy atom. The molecule has 7 rings (SSSR count).